The first-order valence-electron chi connectivity index (χ1n) is 9.28. The van der Waals surface area contributed by atoms with Crippen molar-refractivity contribution in [3.05, 3.63) is 47.8 Å². The van der Waals surface area contributed by atoms with Crippen molar-refractivity contribution >= 4 is 11.6 Å². The molecular formula is C20H19F3N4O2. The number of likely N-dealkylation sites (tertiary alicyclic amines) is 1. The molecule has 0 atom stereocenters. The topological polar surface area (TPSA) is 59.7 Å². The number of hydrogen-bond acceptors (Lipinski definition) is 4. The summed E-state index contributed by atoms with van der Waals surface area (Å²) in [6, 6.07) is 7.54. The first-order chi connectivity index (χ1) is 13.9. The number of benzene rings is 1. The van der Waals surface area contributed by atoms with Crippen molar-refractivity contribution in [2.75, 3.05) is 20.2 Å². The zero-order valence-corrected chi connectivity index (χ0v) is 15.7. The Balaban J connectivity index is 1.88. The van der Waals surface area contributed by atoms with Crippen LogP contribution in [0.2, 0.25) is 0 Å². The van der Waals surface area contributed by atoms with Gasteiger partial charge in [0.05, 0.1) is 19.0 Å². The molecule has 1 saturated heterocycles. The molecule has 152 valence electrons. The quantitative estimate of drug-likeness (QED) is 0.661. The number of carbonyl (C=O) groups excluding carboxylic acids is 1. The van der Waals surface area contributed by atoms with Gasteiger partial charge >= 0.3 is 6.18 Å². The van der Waals surface area contributed by atoms with Gasteiger partial charge in [0.2, 0.25) is 0 Å². The fraction of sp³-hybridized carbons (Fsp3) is 0.350. The number of fused-ring (bicyclic) bond motifs is 1. The molecule has 29 heavy (non-hydrogen) atoms. The fourth-order valence-electron chi connectivity index (χ4n) is 3.51. The van der Waals surface area contributed by atoms with Crippen molar-refractivity contribution in [3.63, 3.8) is 0 Å². The zero-order chi connectivity index (χ0) is 20.6. The molecule has 1 aliphatic heterocycles. The van der Waals surface area contributed by atoms with Gasteiger partial charge in [0.25, 0.3) is 5.91 Å². The number of hydrogen-bond donors (Lipinski definition) is 0. The summed E-state index contributed by atoms with van der Waals surface area (Å²) in [6.07, 6.45) is -0.701. The summed E-state index contributed by atoms with van der Waals surface area (Å²) < 4.78 is 47.0. The summed E-state index contributed by atoms with van der Waals surface area (Å²) in [6.45, 7) is 1.16. The van der Waals surface area contributed by atoms with Crippen LogP contribution < -0.4 is 4.74 Å². The molecule has 3 heterocycles. The Labute approximate surface area is 164 Å². The molecule has 4 rings (SSSR count). The van der Waals surface area contributed by atoms with Crippen LogP contribution in [0.5, 0.6) is 5.75 Å². The molecule has 9 heteroatoms. The van der Waals surface area contributed by atoms with E-state index in [0.29, 0.717) is 28.9 Å². The number of alkyl halides is 3. The lowest BCUT2D eigenvalue weighted by Gasteiger charge is -2.26. The average Bonchev–Trinajstić information content (AvgIpc) is 3.16. The van der Waals surface area contributed by atoms with Crippen LogP contribution in [0.1, 0.15) is 35.3 Å². The number of nitrogens with zero attached hydrogens (tertiary/aromatic N) is 4. The van der Waals surface area contributed by atoms with Crippen molar-refractivity contribution in [2.24, 2.45) is 0 Å². The fourth-order valence-corrected chi connectivity index (χ4v) is 3.51. The number of halogens is 3. The summed E-state index contributed by atoms with van der Waals surface area (Å²) in [5.74, 6) is 0.152. The maximum absolute atomic E-state index is 13.7. The van der Waals surface area contributed by atoms with E-state index in [-0.39, 0.29) is 22.8 Å². The van der Waals surface area contributed by atoms with Gasteiger partial charge in [-0.05, 0) is 37.5 Å². The van der Waals surface area contributed by atoms with Crippen LogP contribution in [0.4, 0.5) is 13.2 Å². The smallest absolute Gasteiger partial charge is 0.433 e. The maximum Gasteiger partial charge on any atom is 0.433 e. The lowest BCUT2D eigenvalue weighted by Crippen LogP contribution is -2.35. The largest absolute Gasteiger partial charge is 0.497 e. The highest BCUT2D eigenvalue weighted by molar-refractivity contribution is 6.00. The monoisotopic (exact) mass is 404 g/mol. The summed E-state index contributed by atoms with van der Waals surface area (Å²) in [4.78, 5) is 18.9. The molecule has 1 fully saturated rings. The molecule has 1 aliphatic rings. The molecular weight excluding hydrogens is 385 g/mol. The van der Waals surface area contributed by atoms with Crippen LogP contribution in [0.15, 0.2) is 36.5 Å². The minimum Gasteiger partial charge on any atom is -0.497 e. The summed E-state index contributed by atoms with van der Waals surface area (Å²) >= 11 is 0. The predicted octanol–water partition coefficient (Wildman–Crippen LogP) is 4.05. The number of ether oxygens (including phenoxy) is 1. The molecule has 6 nitrogen and oxygen atoms in total. The second kappa shape index (κ2) is 7.38. The SMILES string of the molecule is COc1cccc(-c2cc(C(F)(F)F)n3ncc(C(=O)N4CCCCC4)c3n2)c1. The van der Waals surface area contributed by atoms with E-state index in [1.165, 1.54) is 13.3 Å². The van der Waals surface area contributed by atoms with E-state index in [1.54, 1.807) is 29.2 Å². The van der Waals surface area contributed by atoms with Gasteiger partial charge < -0.3 is 9.64 Å². The Bertz CT molecular complexity index is 1060. The standard InChI is InChI=1S/C20H19F3N4O2/c1-29-14-7-5-6-13(10-14)16-11-17(20(21,22)23)27-18(25-16)15(12-24-27)19(28)26-8-3-2-4-9-26/h5-7,10-12H,2-4,8-9H2,1H3. The van der Waals surface area contributed by atoms with E-state index in [0.717, 1.165) is 25.3 Å². The van der Waals surface area contributed by atoms with Gasteiger partial charge in [-0.25, -0.2) is 9.50 Å². The summed E-state index contributed by atoms with van der Waals surface area (Å²) in [7, 11) is 1.48. The van der Waals surface area contributed by atoms with Gasteiger partial charge in [0.15, 0.2) is 11.3 Å². The number of piperidine rings is 1. The highest BCUT2D eigenvalue weighted by Gasteiger charge is 2.36. The van der Waals surface area contributed by atoms with Crippen molar-refractivity contribution in [2.45, 2.75) is 25.4 Å². The molecule has 0 spiro atoms. The second-order valence-corrected chi connectivity index (χ2v) is 6.90. The lowest BCUT2D eigenvalue weighted by atomic mass is 10.1. The summed E-state index contributed by atoms with van der Waals surface area (Å²) in [5, 5.41) is 3.83. The normalized spacial score (nSPS) is 15.0. The van der Waals surface area contributed by atoms with Gasteiger partial charge in [-0.15, -0.1) is 0 Å². The van der Waals surface area contributed by atoms with Crippen LogP contribution in [-0.4, -0.2) is 45.6 Å². The maximum atomic E-state index is 13.7. The van der Waals surface area contributed by atoms with Gasteiger partial charge in [-0.1, -0.05) is 12.1 Å². The molecule has 2 aromatic heterocycles. The molecule has 0 bridgehead atoms. The van der Waals surface area contributed by atoms with E-state index in [2.05, 4.69) is 10.1 Å². The molecule has 3 aromatic rings. The number of amides is 1. The summed E-state index contributed by atoms with van der Waals surface area (Å²) in [5.41, 5.74) is -0.472. The van der Waals surface area contributed by atoms with Gasteiger partial charge in [0, 0.05) is 18.7 Å². The Morgan fingerprint density at radius 1 is 1.14 bits per heavy atom. The van der Waals surface area contributed by atoms with E-state index < -0.39 is 11.9 Å². The highest BCUT2D eigenvalue weighted by Crippen LogP contribution is 2.33. The van der Waals surface area contributed by atoms with E-state index in [9.17, 15) is 18.0 Å². The van der Waals surface area contributed by atoms with E-state index in [4.69, 9.17) is 4.74 Å². The molecule has 1 aromatic carbocycles. The third-order valence-corrected chi connectivity index (χ3v) is 5.00. The van der Waals surface area contributed by atoms with Gasteiger partial charge in [0.1, 0.15) is 11.3 Å². The molecule has 0 aliphatic carbocycles. The highest BCUT2D eigenvalue weighted by atomic mass is 19.4. The van der Waals surface area contributed by atoms with Gasteiger partial charge in [-0.2, -0.15) is 18.3 Å². The van der Waals surface area contributed by atoms with Crippen LogP contribution in [0.25, 0.3) is 16.9 Å². The first-order valence-corrected chi connectivity index (χ1v) is 9.28. The van der Waals surface area contributed by atoms with Crippen LogP contribution in [-0.2, 0) is 6.18 Å². The number of carbonyl (C=O) groups is 1. The van der Waals surface area contributed by atoms with Gasteiger partial charge in [-0.3, -0.25) is 4.79 Å². The third-order valence-electron chi connectivity index (χ3n) is 5.00. The van der Waals surface area contributed by atoms with Crippen LogP contribution >= 0.6 is 0 Å². The van der Waals surface area contributed by atoms with Crippen molar-refractivity contribution < 1.29 is 22.7 Å². The molecule has 0 radical (unpaired) electrons. The first kappa shape index (κ1) is 19.2. The molecule has 0 unspecified atom stereocenters. The molecule has 0 N–H and O–H groups in total. The third kappa shape index (κ3) is 3.64. The average molecular weight is 404 g/mol. The van der Waals surface area contributed by atoms with E-state index in [1.807, 2.05) is 0 Å². The van der Waals surface area contributed by atoms with Crippen molar-refractivity contribution in [1.82, 2.24) is 19.5 Å². The molecule has 1 amide bonds. The Kier molecular flexibility index (Phi) is 4.89. The van der Waals surface area contributed by atoms with Crippen LogP contribution in [0.3, 0.4) is 0 Å². The van der Waals surface area contributed by atoms with E-state index >= 15 is 0 Å². The second-order valence-electron chi connectivity index (χ2n) is 6.90. The van der Waals surface area contributed by atoms with Crippen molar-refractivity contribution in [1.29, 1.82) is 0 Å². The lowest BCUT2D eigenvalue weighted by molar-refractivity contribution is -0.142. The van der Waals surface area contributed by atoms with Crippen LogP contribution in [0, 0.1) is 0 Å². The minimum atomic E-state index is -4.66. The van der Waals surface area contributed by atoms with Crippen molar-refractivity contribution in [3.8, 4) is 17.0 Å². The zero-order valence-electron chi connectivity index (χ0n) is 15.7. The number of rotatable bonds is 3. The Morgan fingerprint density at radius 3 is 2.59 bits per heavy atom. The number of aromatic nitrogens is 3. The Hall–Kier alpha value is -3.10. The predicted molar refractivity (Wildman–Crippen MR) is 99.7 cm³/mol. The minimum absolute atomic E-state index is 0.0714. The number of methoxy groups -OCH3 is 1. The Morgan fingerprint density at radius 2 is 1.90 bits per heavy atom. The molecule has 0 saturated carbocycles.